The number of nitrogens with two attached hydrogens (primary N) is 1. The van der Waals surface area contributed by atoms with Gasteiger partial charge in [0.1, 0.15) is 12.4 Å². The fourth-order valence-corrected chi connectivity index (χ4v) is 1.98. The first-order valence-electron chi connectivity index (χ1n) is 5.58. The Morgan fingerprint density at radius 1 is 1.33 bits per heavy atom. The fraction of sp³-hybridized carbons (Fsp3) is 0.231. The Bertz CT molecular complexity index is 546. The van der Waals surface area contributed by atoms with Crippen LogP contribution in [0.25, 0.3) is 0 Å². The number of aromatic nitrogens is 2. The Morgan fingerprint density at radius 3 is 2.89 bits per heavy atom. The molecule has 94 valence electrons. The van der Waals surface area contributed by atoms with Crippen molar-refractivity contribution in [3.8, 4) is 5.75 Å². The van der Waals surface area contributed by atoms with Crippen molar-refractivity contribution in [2.75, 3.05) is 0 Å². The van der Waals surface area contributed by atoms with Crippen LogP contribution in [0.4, 0.5) is 0 Å². The maximum atomic E-state index is 5.72. The number of nitrogens with zero attached hydrogens (tertiary/aromatic N) is 2. The molecule has 0 aliphatic carbocycles. The number of hydrogen-bond donors (Lipinski definition) is 1. The highest BCUT2D eigenvalue weighted by molar-refractivity contribution is 9.10. The second-order valence-corrected chi connectivity index (χ2v) is 4.82. The number of rotatable bonds is 4. The van der Waals surface area contributed by atoms with E-state index in [1.807, 2.05) is 25.1 Å². The van der Waals surface area contributed by atoms with Crippen molar-refractivity contribution < 1.29 is 4.74 Å². The van der Waals surface area contributed by atoms with Gasteiger partial charge in [0, 0.05) is 34.7 Å². The summed E-state index contributed by atoms with van der Waals surface area (Å²) in [4.78, 5) is 8.43. The molecule has 5 heteroatoms. The molecule has 2 heterocycles. The predicted molar refractivity (Wildman–Crippen MR) is 73.1 cm³/mol. The molecule has 0 unspecified atom stereocenters. The van der Waals surface area contributed by atoms with Crippen molar-refractivity contribution >= 4 is 15.9 Å². The quantitative estimate of drug-likeness (QED) is 0.943. The smallest absolute Gasteiger partial charge is 0.142 e. The summed E-state index contributed by atoms with van der Waals surface area (Å²) in [7, 11) is 0. The molecule has 0 bridgehead atoms. The zero-order valence-corrected chi connectivity index (χ0v) is 11.6. The first-order chi connectivity index (χ1) is 8.69. The molecular formula is C13H14BrN3O. The Morgan fingerprint density at radius 2 is 2.17 bits per heavy atom. The largest absolute Gasteiger partial charge is 0.487 e. The molecule has 0 fully saturated rings. The van der Waals surface area contributed by atoms with Gasteiger partial charge in [0.25, 0.3) is 0 Å². The van der Waals surface area contributed by atoms with Gasteiger partial charge < -0.3 is 10.5 Å². The lowest BCUT2D eigenvalue weighted by atomic mass is 10.2. The Hall–Kier alpha value is -1.46. The number of pyridine rings is 2. The van der Waals surface area contributed by atoms with E-state index < -0.39 is 0 Å². The molecule has 2 rings (SSSR count). The standard InChI is InChI=1S/C13H14BrN3O/c1-9-2-3-13(12(5-15)17-9)18-8-10-4-11(14)7-16-6-10/h2-4,6-7H,5,8,15H2,1H3. The third-order valence-electron chi connectivity index (χ3n) is 2.42. The van der Waals surface area contributed by atoms with Crippen molar-refractivity contribution in [1.29, 1.82) is 0 Å². The molecule has 2 aromatic rings. The molecule has 0 aliphatic heterocycles. The van der Waals surface area contributed by atoms with Gasteiger partial charge in [0.15, 0.2) is 0 Å². The SMILES string of the molecule is Cc1ccc(OCc2cncc(Br)c2)c(CN)n1. The van der Waals surface area contributed by atoms with E-state index in [1.165, 1.54) is 0 Å². The minimum absolute atomic E-state index is 0.369. The van der Waals surface area contributed by atoms with Crippen LogP contribution in [0.2, 0.25) is 0 Å². The Labute approximate surface area is 114 Å². The third-order valence-corrected chi connectivity index (χ3v) is 2.85. The second-order valence-electron chi connectivity index (χ2n) is 3.90. The van der Waals surface area contributed by atoms with Crippen LogP contribution in [-0.2, 0) is 13.2 Å². The molecule has 2 aromatic heterocycles. The molecule has 0 radical (unpaired) electrons. The zero-order valence-electron chi connectivity index (χ0n) is 10.1. The van der Waals surface area contributed by atoms with E-state index >= 15 is 0 Å². The summed E-state index contributed by atoms with van der Waals surface area (Å²) >= 11 is 3.38. The van der Waals surface area contributed by atoms with Gasteiger partial charge in [-0.2, -0.15) is 0 Å². The van der Waals surface area contributed by atoms with Crippen LogP contribution >= 0.6 is 15.9 Å². The van der Waals surface area contributed by atoms with Gasteiger partial charge in [-0.15, -0.1) is 0 Å². The third kappa shape index (κ3) is 3.27. The minimum Gasteiger partial charge on any atom is -0.487 e. The van der Waals surface area contributed by atoms with Crippen molar-refractivity contribution in [3.05, 3.63) is 52.0 Å². The second kappa shape index (κ2) is 5.93. The molecule has 18 heavy (non-hydrogen) atoms. The average Bonchev–Trinajstić information content (AvgIpc) is 2.37. The van der Waals surface area contributed by atoms with Gasteiger partial charge in [-0.1, -0.05) is 0 Å². The van der Waals surface area contributed by atoms with E-state index in [9.17, 15) is 0 Å². The van der Waals surface area contributed by atoms with Gasteiger partial charge in [0.2, 0.25) is 0 Å². The van der Waals surface area contributed by atoms with Crippen LogP contribution in [0.5, 0.6) is 5.75 Å². The minimum atomic E-state index is 0.369. The molecule has 4 nitrogen and oxygen atoms in total. The topological polar surface area (TPSA) is 61.0 Å². The van der Waals surface area contributed by atoms with E-state index in [1.54, 1.807) is 12.4 Å². The molecule has 0 aliphatic rings. The summed E-state index contributed by atoms with van der Waals surface area (Å²) in [6.45, 7) is 2.75. The first kappa shape index (κ1) is 13.0. The highest BCUT2D eigenvalue weighted by Crippen LogP contribution is 2.18. The lowest BCUT2D eigenvalue weighted by Gasteiger charge is -2.10. The maximum Gasteiger partial charge on any atom is 0.142 e. The summed E-state index contributed by atoms with van der Waals surface area (Å²) in [5, 5.41) is 0. The maximum absolute atomic E-state index is 5.72. The summed E-state index contributed by atoms with van der Waals surface area (Å²) in [6.07, 6.45) is 3.51. The van der Waals surface area contributed by atoms with Crippen molar-refractivity contribution in [2.24, 2.45) is 5.73 Å². The van der Waals surface area contributed by atoms with Gasteiger partial charge in [0.05, 0.1) is 5.69 Å². The van der Waals surface area contributed by atoms with Gasteiger partial charge in [-0.3, -0.25) is 9.97 Å². The first-order valence-corrected chi connectivity index (χ1v) is 6.37. The number of ether oxygens (including phenoxy) is 1. The van der Waals surface area contributed by atoms with Gasteiger partial charge in [-0.25, -0.2) is 0 Å². The Balaban J connectivity index is 2.10. The normalized spacial score (nSPS) is 10.4. The number of halogens is 1. The summed E-state index contributed by atoms with van der Waals surface area (Å²) in [5.41, 5.74) is 8.36. The summed E-state index contributed by atoms with van der Waals surface area (Å²) in [5.74, 6) is 0.725. The average molecular weight is 308 g/mol. The van der Waals surface area contributed by atoms with Crippen LogP contribution in [-0.4, -0.2) is 9.97 Å². The predicted octanol–water partition coefficient (Wildman–Crippen LogP) is 2.59. The fourth-order valence-electron chi connectivity index (χ4n) is 1.57. The van der Waals surface area contributed by atoms with E-state index in [4.69, 9.17) is 10.5 Å². The Kier molecular flexibility index (Phi) is 4.28. The molecule has 2 N–H and O–H groups in total. The van der Waals surface area contributed by atoms with E-state index in [2.05, 4.69) is 25.9 Å². The molecule has 0 spiro atoms. The van der Waals surface area contributed by atoms with Crippen molar-refractivity contribution in [1.82, 2.24) is 9.97 Å². The van der Waals surface area contributed by atoms with Crippen LogP contribution < -0.4 is 10.5 Å². The zero-order chi connectivity index (χ0) is 13.0. The van der Waals surface area contributed by atoms with Crippen LogP contribution in [0.15, 0.2) is 35.1 Å². The summed E-state index contributed by atoms with van der Waals surface area (Å²) < 4.78 is 6.66. The van der Waals surface area contributed by atoms with Crippen molar-refractivity contribution in [3.63, 3.8) is 0 Å². The summed E-state index contributed by atoms with van der Waals surface area (Å²) in [6, 6.07) is 5.78. The van der Waals surface area contributed by atoms with Crippen LogP contribution in [0.1, 0.15) is 17.0 Å². The van der Waals surface area contributed by atoms with E-state index in [0.717, 1.165) is 27.2 Å². The highest BCUT2D eigenvalue weighted by Gasteiger charge is 2.05. The monoisotopic (exact) mass is 307 g/mol. The van der Waals surface area contributed by atoms with Gasteiger partial charge >= 0.3 is 0 Å². The van der Waals surface area contributed by atoms with E-state index in [0.29, 0.717) is 13.2 Å². The molecule has 0 aromatic carbocycles. The molecular weight excluding hydrogens is 294 g/mol. The van der Waals surface area contributed by atoms with Crippen molar-refractivity contribution in [2.45, 2.75) is 20.1 Å². The number of hydrogen-bond acceptors (Lipinski definition) is 4. The van der Waals surface area contributed by atoms with Gasteiger partial charge in [-0.05, 0) is 41.1 Å². The molecule has 0 amide bonds. The molecule has 0 atom stereocenters. The number of aryl methyl sites for hydroxylation is 1. The highest BCUT2D eigenvalue weighted by atomic mass is 79.9. The molecule has 0 saturated heterocycles. The van der Waals surface area contributed by atoms with Crippen LogP contribution in [0, 0.1) is 6.92 Å². The lowest BCUT2D eigenvalue weighted by molar-refractivity contribution is 0.300. The molecule has 0 saturated carbocycles. The van der Waals surface area contributed by atoms with E-state index in [-0.39, 0.29) is 0 Å². The van der Waals surface area contributed by atoms with Crippen LogP contribution in [0.3, 0.4) is 0 Å². The lowest BCUT2D eigenvalue weighted by Crippen LogP contribution is -2.06.